The number of non-ortho nitro benzene ring substituents is 1. The first-order valence-electron chi connectivity index (χ1n) is 5.94. The summed E-state index contributed by atoms with van der Waals surface area (Å²) in [5.41, 5.74) is 2.48. The third kappa shape index (κ3) is 3.12. The van der Waals surface area contributed by atoms with Gasteiger partial charge in [0.1, 0.15) is 12.2 Å². The minimum absolute atomic E-state index is 0.0677. The summed E-state index contributed by atoms with van der Waals surface area (Å²) in [5.74, 6) is 5.26. The Morgan fingerprint density at radius 3 is 2.86 bits per heavy atom. The average molecular weight is 291 g/mol. The summed E-state index contributed by atoms with van der Waals surface area (Å²) in [6.45, 7) is 1.70. The van der Waals surface area contributed by atoms with Crippen molar-refractivity contribution in [3.05, 3.63) is 46.0 Å². The fraction of sp³-hybridized carbons (Fsp3) is 0.182. The lowest BCUT2D eigenvalue weighted by Gasteiger charge is -2.13. The molecule has 1 aromatic heterocycles. The highest BCUT2D eigenvalue weighted by Crippen LogP contribution is 2.22. The van der Waals surface area contributed by atoms with Crippen molar-refractivity contribution in [3.8, 4) is 0 Å². The number of hydrogen-bond donors (Lipinski definition) is 4. The van der Waals surface area contributed by atoms with Gasteiger partial charge in [0.15, 0.2) is 0 Å². The first-order chi connectivity index (χ1) is 10.0. The van der Waals surface area contributed by atoms with Crippen LogP contribution in [0.15, 0.2) is 24.5 Å². The van der Waals surface area contributed by atoms with E-state index in [9.17, 15) is 14.9 Å². The molecule has 0 aliphatic rings. The molecular formula is C11H13N7O3. The van der Waals surface area contributed by atoms with Crippen LogP contribution in [0.2, 0.25) is 0 Å². The number of rotatable bonds is 5. The highest BCUT2D eigenvalue weighted by Gasteiger charge is 2.19. The Labute approximate surface area is 118 Å². The number of nitrogens with zero attached hydrogens (tertiary/aromatic N) is 3. The molecule has 0 radical (unpaired) electrons. The Balaban J connectivity index is 2.25. The quantitative estimate of drug-likeness (QED) is 0.355. The van der Waals surface area contributed by atoms with Gasteiger partial charge in [-0.25, -0.2) is 4.98 Å². The van der Waals surface area contributed by atoms with Gasteiger partial charge in [0, 0.05) is 12.1 Å². The van der Waals surface area contributed by atoms with Crippen LogP contribution >= 0.6 is 0 Å². The van der Waals surface area contributed by atoms with Crippen LogP contribution < -0.4 is 16.6 Å². The number of amides is 1. The number of nitro groups is 1. The summed E-state index contributed by atoms with van der Waals surface area (Å²) in [4.78, 5) is 26.3. The fourth-order valence-corrected chi connectivity index (χ4v) is 1.73. The van der Waals surface area contributed by atoms with Crippen molar-refractivity contribution in [2.24, 2.45) is 5.84 Å². The van der Waals surface area contributed by atoms with Crippen LogP contribution in [0.25, 0.3) is 0 Å². The zero-order valence-corrected chi connectivity index (χ0v) is 11.0. The number of aromatic amines is 1. The van der Waals surface area contributed by atoms with E-state index in [4.69, 9.17) is 5.84 Å². The zero-order valence-electron chi connectivity index (χ0n) is 11.0. The van der Waals surface area contributed by atoms with Gasteiger partial charge in [-0.3, -0.25) is 25.9 Å². The van der Waals surface area contributed by atoms with E-state index < -0.39 is 16.9 Å². The lowest BCUT2D eigenvalue weighted by molar-refractivity contribution is -0.384. The van der Waals surface area contributed by atoms with Crippen LogP contribution in [-0.2, 0) is 0 Å². The van der Waals surface area contributed by atoms with Crippen LogP contribution in [0.4, 0.5) is 11.4 Å². The summed E-state index contributed by atoms with van der Waals surface area (Å²) in [6.07, 6.45) is 1.32. The maximum Gasteiger partial charge on any atom is 0.270 e. The Morgan fingerprint density at radius 2 is 2.29 bits per heavy atom. The van der Waals surface area contributed by atoms with Gasteiger partial charge in [-0.2, -0.15) is 5.10 Å². The van der Waals surface area contributed by atoms with Crippen molar-refractivity contribution in [2.45, 2.75) is 13.0 Å². The molecule has 0 aliphatic carbocycles. The van der Waals surface area contributed by atoms with E-state index in [1.807, 2.05) is 0 Å². The maximum atomic E-state index is 12.2. The topological polar surface area (TPSA) is 152 Å². The molecule has 110 valence electrons. The number of anilines is 1. The Bertz CT molecular complexity index is 656. The van der Waals surface area contributed by atoms with Crippen molar-refractivity contribution in [1.82, 2.24) is 20.5 Å². The fourth-order valence-electron chi connectivity index (χ4n) is 1.73. The van der Waals surface area contributed by atoms with E-state index in [0.717, 1.165) is 6.07 Å². The molecule has 2 aromatic rings. The number of hydrazine groups is 1. The molecule has 0 bridgehead atoms. The van der Waals surface area contributed by atoms with Crippen LogP contribution in [0.1, 0.15) is 29.1 Å². The van der Waals surface area contributed by atoms with E-state index in [2.05, 4.69) is 25.9 Å². The van der Waals surface area contributed by atoms with Crippen LogP contribution in [0.5, 0.6) is 0 Å². The predicted octanol–water partition coefficient (Wildman–Crippen LogP) is 0.490. The number of nitrogen functional groups attached to an aromatic ring is 1. The van der Waals surface area contributed by atoms with Crippen molar-refractivity contribution in [1.29, 1.82) is 0 Å². The Kier molecular flexibility index (Phi) is 4.09. The summed E-state index contributed by atoms with van der Waals surface area (Å²) < 4.78 is 0. The SMILES string of the molecule is CC(NC(=O)c1cc([N+](=O)[O-])ccc1NN)c1ncn[nH]1. The van der Waals surface area contributed by atoms with Gasteiger partial charge in [-0.15, -0.1) is 0 Å². The molecule has 21 heavy (non-hydrogen) atoms. The molecule has 2 rings (SSSR count). The van der Waals surface area contributed by atoms with Crippen molar-refractivity contribution >= 4 is 17.3 Å². The molecule has 0 fully saturated rings. The molecule has 1 atom stereocenters. The van der Waals surface area contributed by atoms with Gasteiger partial charge in [0.2, 0.25) is 0 Å². The zero-order chi connectivity index (χ0) is 15.4. The first-order valence-corrected chi connectivity index (χ1v) is 5.94. The smallest absolute Gasteiger partial charge is 0.270 e. The molecular weight excluding hydrogens is 278 g/mol. The summed E-state index contributed by atoms with van der Waals surface area (Å²) >= 11 is 0. The second-order valence-electron chi connectivity index (χ2n) is 4.20. The number of benzene rings is 1. The van der Waals surface area contributed by atoms with Crippen molar-refractivity contribution < 1.29 is 9.72 Å². The van der Waals surface area contributed by atoms with E-state index in [1.54, 1.807) is 6.92 Å². The molecule has 5 N–H and O–H groups in total. The van der Waals surface area contributed by atoms with Gasteiger partial charge in [0.25, 0.3) is 11.6 Å². The molecule has 10 heteroatoms. The molecule has 10 nitrogen and oxygen atoms in total. The number of nitrogens with two attached hydrogens (primary N) is 1. The normalized spacial score (nSPS) is 11.7. The number of nitrogens with one attached hydrogen (secondary N) is 3. The molecule has 0 saturated heterocycles. The molecule has 0 spiro atoms. The first kappa shape index (κ1) is 14.4. The summed E-state index contributed by atoms with van der Waals surface area (Å²) in [5, 5.41) is 19.7. The van der Waals surface area contributed by atoms with E-state index in [-0.39, 0.29) is 16.9 Å². The number of nitro benzene ring substituents is 1. The number of hydrogen-bond acceptors (Lipinski definition) is 7. The van der Waals surface area contributed by atoms with E-state index in [0.29, 0.717) is 5.82 Å². The molecule has 0 aliphatic heterocycles. The number of carbonyl (C=O) groups excluding carboxylic acids is 1. The van der Waals surface area contributed by atoms with Crippen LogP contribution in [0, 0.1) is 10.1 Å². The third-order valence-corrected chi connectivity index (χ3v) is 2.81. The monoisotopic (exact) mass is 291 g/mol. The lowest BCUT2D eigenvalue weighted by atomic mass is 10.1. The summed E-state index contributed by atoms with van der Waals surface area (Å²) in [7, 11) is 0. The van der Waals surface area contributed by atoms with Crippen molar-refractivity contribution in [3.63, 3.8) is 0 Å². The number of H-pyrrole nitrogens is 1. The van der Waals surface area contributed by atoms with Crippen LogP contribution in [-0.4, -0.2) is 26.0 Å². The maximum absolute atomic E-state index is 12.2. The highest BCUT2D eigenvalue weighted by molar-refractivity contribution is 6.00. The summed E-state index contributed by atoms with van der Waals surface area (Å²) in [6, 6.07) is 3.33. The average Bonchev–Trinajstić information content (AvgIpc) is 3.00. The minimum Gasteiger partial charge on any atom is -0.342 e. The van der Waals surface area contributed by atoms with Gasteiger partial charge in [-0.1, -0.05) is 0 Å². The van der Waals surface area contributed by atoms with E-state index >= 15 is 0 Å². The molecule has 1 amide bonds. The molecule has 1 aromatic carbocycles. The number of aromatic nitrogens is 3. The standard InChI is InChI=1S/C11H13N7O3/c1-6(10-13-5-14-17-10)15-11(19)8-4-7(18(20)21)2-3-9(8)16-12/h2-6,16H,12H2,1H3,(H,15,19)(H,13,14,17). The molecule has 0 saturated carbocycles. The Hall–Kier alpha value is -3.01. The highest BCUT2D eigenvalue weighted by atomic mass is 16.6. The van der Waals surface area contributed by atoms with Gasteiger partial charge in [-0.05, 0) is 13.0 Å². The van der Waals surface area contributed by atoms with Crippen molar-refractivity contribution in [2.75, 3.05) is 5.43 Å². The second kappa shape index (κ2) is 5.96. The largest absolute Gasteiger partial charge is 0.342 e. The van der Waals surface area contributed by atoms with Gasteiger partial charge >= 0.3 is 0 Å². The Morgan fingerprint density at radius 1 is 1.52 bits per heavy atom. The molecule has 1 heterocycles. The third-order valence-electron chi connectivity index (χ3n) is 2.81. The van der Waals surface area contributed by atoms with Gasteiger partial charge < -0.3 is 10.7 Å². The van der Waals surface area contributed by atoms with Crippen LogP contribution in [0.3, 0.4) is 0 Å². The predicted molar refractivity (Wildman–Crippen MR) is 73.2 cm³/mol. The van der Waals surface area contributed by atoms with Gasteiger partial charge in [0.05, 0.1) is 22.2 Å². The molecule has 1 unspecified atom stereocenters. The number of carbonyl (C=O) groups is 1. The second-order valence-corrected chi connectivity index (χ2v) is 4.20. The lowest BCUT2D eigenvalue weighted by Crippen LogP contribution is -2.28. The minimum atomic E-state index is -0.586. The van der Waals surface area contributed by atoms with E-state index in [1.165, 1.54) is 18.5 Å².